The van der Waals surface area contributed by atoms with Crippen molar-refractivity contribution in [2.75, 3.05) is 0 Å². The Morgan fingerprint density at radius 3 is 1.87 bits per heavy atom. The molecule has 0 saturated carbocycles. The summed E-state index contributed by atoms with van der Waals surface area (Å²) in [5.41, 5.74) is 6.66. The van der Waals surface area contributed by atoms with Gasteiger partial charge in [-0.1, -0.05) is 81.2 Å². The van der Waals surface area contributed by atoms with E-state index >= 15 is 0 Å². The SMILES string of the molecule is CCCB(CCC)c1ccc2ccc(-c3ccncc3)c-2cc1. The molecule has 2 heteroatoms. The number of nitrogens with zero attached hydrogens (tertiary/aromatic N) is 1. The van der Waals surface area contributed by atoms with E-state index in [1.165, 1.54) is 53.2 Å². The molecule has 1 nitrogen and oxygen atoms in total. The third kappa shape index (κ3) is 3.47. The van der Waals surface area contributed by atoms with Gasteiger partial charge in [0.25, 0.3) is 0 Å². The number of aromatic nitrogens is 1. The fraction of sp³-hybridized carbons (Fsp3) is 0.286. The molecule has 0 N–H and O–H groups in total. The largest absolute Gasteiger partial charge is 0.265 e. The Kier molecular flexibility index (Phi) is 5.12. The molecule has 0 unspecified atom stereocenters. The van der Waals surface area contributed by atoms with Crippen LogP contribution in [-0.4, -0.2) is 11.7 Å². The van der Waals surface area contributed by atoms with Gasteiger partial charge < -0.3 is 0 Å². The number of pyridine rings is 1. The van der Waals surface area contributed by atoms with Crippen LogP contribution in [0.3, 0.4) is 0 Å². The first-order valence-electron chi connectivity index (χ1n) is 8.76. The van der Waals surface area contributed by atoms with E-state index in [-0.39, 0.29) is 0 Å². The molecule has 0 amide bonds. The van der Waals surface area contributed by atoms with Crippen LogP contribution < -0.4 is 5.46 Å². The lowest BCUT2D eigenvalue weighted by Gasteiger charge is -2.10. The molecule has 0 saturated heterocycles. The number of fused-ring (bicyclic) bond motifs is 1. The third-order valence-electron chi connectivity index (χ3n) is 4.67. The lowest BCUT2D eigenvalue weighted by atomic mass is 9.40. The molecule has 0 atom stereocenters. The van der Waals surface area contributed by atoms with Gasteiger partial charge in [-0.2, -0.15) is 0 Å². The first kappa shape index (κ1) is 15.8. The van der Waals surface area contributed by atoms with Crippen LogP contribution in [0.2, 0.25) is 12.6 Å². The summed E-state index contributed by atoms with van der Waals surface area (Å²) >= 11 is 0. The summed E-state index contributed by atoms with van der Waals surface area (Å²) in [5, 5.41) is 0. The van der Waals surface area contributed by atoms with Gasteiger partial charge in [-0.05, 0) is 34.4 Å². The molecule has 0 spiro atoms. The highest BCUT2D eigenvalue weighted by Crippen LogP contribution is 2.34. The molecular weight excluding hydrogens is 277 g/mol. The summed E-state index contributed by atoms with van der Waals surface area (Å²) < 4.78 is 0. The quantitative estimate of drug-likeness (QED) is 0.557. The van der Waals surface area contributed by atoms with E-state index < -0.39 is 0 Å². The minimum absolute atomic E-state index is 0.686. The van der Waals surface area contributed by atoms with Gasteiger partial charge in [0.15, 0.2) is 6.71 Å². The van der Waals surface area contributed by atoms with Gasteiger partial charge in [-0.25, -0.2) is 0 Å². The maximum Gasteiger partial charge on any atom is 0.175 e. The van der Waals surface area contributed by atoms with Crippen LogP contribution in [0.25, 0.3) is 22.3 Å². The average Bonchev–Trinajstić information content (AvgIpc) is 2.87. The summed E-state index contributed by atoms with van der Waals surface area (Å²) in [6, 6.07) is 17.9. The molecule has 116 valence electrons. The van der Waals surface area contributed by atoms with Gasteiger partial charge in [-0.3, -0.25) is 4.98 Å². The highest BCUT2D eigenvalue weighted by atomic mass is 14.6. The Morgan fingerprint density at radius 1 is 0.696 bits per heavy atom. The Morgan fingerprint density at radius 2 is 1.22 bits per heavy atom. The fourth-order valence-corrected chi connectivity index (χ4v) is 3.49. The fourth-order valence-electron chi connectivity index (χ4n) is 3.49. The number of hydrogen-bond donors (Lipinski definition) is 0. The van der Waals surface area contributed by atoms with Crippen LogP contribution in [0, 0.1) is 0 Å². The molecule has 1 heterocycles. The molecule has 0 fully saturated rings. The van der Waals surface area contributed by atoms with Gasteiger partial charge in [0.2, 0.25) is 0 Å². The zero-order chi connectivity index (χ0) is 16.1. The van der Waals surface area contributed by atoms with Gasteiger partial charge in [0.05, 0.1) is 0 Å². The maximum absolute atomic E-state index is 4.13. The second kappa shape index (κ2) is 7.46. The normalized spacial score (nSPS) is 10.9. The average molecular weight is 301 g/mol. The van der Waals surface area contributed by atoms with Gasteiger partial charge >= 0.3 is 0 Å². The smallest absolute Gasteiger partial charge is 0.175 e. The molecule has 3 rings (SSSR count). The van der Waals surface area contributed by atoms with E-state index in [2.05, 4.69) is 67.4 Å². The summed E-state index contributed by atoms with van der Waals surface area (Å²) in [4.78, 5) is 4.13. The lowest BCUT2D eigenvalue weighted by molar-refractivity contribution is 1.01. The van der Waals surface area contributed by atoms with Crippen LogP contribution in [0.15, 0.2) is 60.9 Å². The Balaban J connectivity index is 2.00. The lowest BCUT2D eigenvalue weighted by Crippen LogP contribution is -2.28. The summed E-state index contributed by atoms with van der Waals surface area (Å²) in [5.74, 6) is 0. The maximum atomic E-state index is 4.13. The van der Waals surface area contributed by atoms with Crippen molar-refractivity contribution in [2.45, 2.75) is 39.3 Å². The van der Waals surface area contributed by atoms with Crippen molar-refractivity contribution >= 4 is 12.2 Å². The van der Waals surface area contributed by atoms with Crippen molar-refractivity contribution in [1.29, 1.82) is 0 Å². The Bertz CT molecular complexity index is 717. The van der Waals surface area contributed by atoms with Crippen LogP contribution in [-0.2, 0) is 0 Å². The zero-order valence-corrected chi connectivity index (χ0v) is 14.1. The molecule has 0 aliphatic heterocycles. The second-order valence-corrected chi connectivity index (χ2v) is 6.29. The standard InChI is InChI=1S/C21H24BN/c1-3-13-22(14-4-2)19-7-5-17-6-9-20(21(17)10-8-19)18-11-15-23-16-12-18/h5-12,15-16H,3-4,13-14H2,1-2H3. The summed E-state index contributed by atoms with van der Waals surface area (Å²) in [6.07, 6.45) is 8.77. The minimum Gasteiger partial charge on any atom is -0.265 e. The summed E-state index contributed by atoms with van der Waals surface area (Å²) in [7, 11) is 0. The van der Waals surface area contributed by atoms with Crippen molar-refractivity contribution in [2.24, 2.45) is 0 Å². The molecule has 1 aromatic rings. The Labute approximate surface area is 140 Å². The van der Waals surface area contributed by atoms with E-state index in [0.29, 0.717) is 6.71 Å². The van der Waals surface area contributed by atoms with E-state index in [0.717, 1.165) is 0 Å². The van der Waals surface area contributed by atoms with Gasteiger partial charge in [0, 0.05) is 12.4 Å². The topological polar surface area (TPSA) is 12.9 Å². The molecule has 2 aliphatic carbocycles. The zero-order valence-electron chi connectivity index (χ0n) is 14.1. The Hall–Kier alpha value is -2.09. The molecule has 23 heavy (non-hydrogen) atoms. The highest BCUT2D eigenvalue weighted by Gasteiger charge is 2.15. The first-order chi connectivity index (χ1) is 11.3. The molecule has 0 aromatic carbocycles. The summed E-state index contributed by atoms with van der Waals surface area (Å²) in [6.45, 7) is 5.25. The molecule has 2 aliphatic rings. The van der Waals surface area contributed by atoms with E-state index in [9.17, 15) is 0 Å². The van der Waals surface area contributed by atoms with Crippen molar-refractivity contribution in [3.63, 3.8) is 0 Å². The number of hydrogen-bond acceptors (Lipinski definition) is 1. The molecule has 0 radical (unpaired) electrons. The van der Waals surface area contributed by atoms with E-state index in [1.807, 2.05) is 12.4 Å². The first-order valence-corrected chi connectivity index (χ1v) is 8.76. The predicted octanol–water partition coefficient (Wildman–Crippen LogP) is 5.38. The molecular formula is C21H24BN. The monoisotopic (exact) mass is 301 g/mol. The van der Waals surface area contributed by atoms with E-state index in [4.69, 9.17) is 0 Å². The van der Waals surface area contributed by atoms with Gasteiger partial charge in [0.1, 0.15) is 0 Å². The minimum atomic E-state index is 0.686. The molecule has 1 aromatic heterocycles. The van der Waals surface area contributed by atoms with Crippen LogP contribution in [0.1, 0.15) is 26.7 Å². The highest BCUT2D eigenvalue weighted by molar-refractivity contribution is 6.73. The van der Waals surface area contributed by atoms with Crippen molar-refractivity contribution in [3.05, 3.63) is 60.9 Å². The third-order valence-corrected chi connectivity index (χ3v) is 4.67. The predicted molar refractivity (Wildman–Crippen MR) is 102 cm³/mol. The van der Waals surface area contributed by atoms with Crippen molar-refractivity contribution in [3.8, 4) is 22.3 Å². The number of rotatable bonds is 6. The van der Waals surface area contributed by atoms with Crippen molar-refractivity contribution < 1.29 is 0 Å². The second-order valence-electron chi connectivity index (χ2n) is 6.29. The van der Waals surface area contributed by atoms with Crippen LogP contribution in [0.5, 0.6) is 0 Å². The van der Waals surface area contributed by atoms with Gasteiger partial charge in [-0.15, -0.1) is 0 Å². The van der Waals surface area contributed by atoms with Crippen LogP contribution >= 0.6 is 0 Å². The van der Waals surface area contributed by atoms with E-state index in [1.54, 1.807) is 0 Å². The molecule has 0 bridgehead atoms. The van der Waals surface area contributed by atoms with Crippen LogP contribution in [0.4, 0.5) is 0 Å². The van der Waals surface area contributed by atoms with Crippen molar-refractivity contribution in [1.82, 2.24) is 4.98 Å².